The SMILES string of the molecule is CC(=O)[C@H]1CCCN(C(=O)OC(C)(C)C)[C@@H]1C. The molecule has 0 spiro atoms. The molecule has 4 nitrogen and oxygen atoms in total. The van der Waals surface area contributed by atoms with Gasteiger partial charge in [0, 0.05) is 18.5 Å². The second-order valence-electron chi connectivity index (χ2n) is 5.77. The minimum Gasteiger partial charge on any atom is -0.444 e. The predicted molar refractivity (Wildman–Crippen MR) is 65.8 cm³/mol. The second-order valence-corrected chi connectivity index (χ2v) is 5.77. The van der Waals surface area contributed by atoms with E-state index < -0.39 is 5.60 Å². The van der Waals surface area contributed by atoms with Crippen molar-refractivity contribution in [2.75, 3.05) is 6.54 Å². The van der Waals surface area contributed by atoms with Gasteiger partial charge in [0.25, 0.3) is 0 Å². The Hall–Kier alpha value is -1.06. The van der Waals surface area contributed by atoms with Gasteiger partial charge in [0.15, 0.2) is 0 Å². The van der Waals surface area contributed by atoms with Crippen LogP contribution in [0.25, 0.3) is 0 Å². The molecule has 0 aromatic carbocycles. The molecule has 1 amide bonds. The lowest BCUT2D eigenvalue weighted by molar-refractivity contribution is -0.123. The van der Waals surface area contributed by atoms with E-state index in [0.717, 1.165) is 12.8 Å². The van der Waals surface area contributed by atoms with Gasteiger partial charge in [-0.15, -0.1) is 0 Å². The Morgan fingerprint density at radius 2 is 1.88 bits per heavy atom. The van der Waals surface area contributed by atoms with Crippen LogP contribution in [0.15, 0.2) is 0 Å². The molecule has 0 unspecified atom stereocenters. The number of hydrogen-bond donors (Lipinski definition) is 0. The zero-order valence-electron chi connectivity index (χ0n) is 11.4. The molecule has 1 saturated heterocycles. The van der Waals surface area contributed by atoms with Crippen molar-refractivity contribution in [2.45, 2.75) is 59.1 Å². The summed E-state index contributed by atoms with van der Waals surface area (Å²) >= 11 is 0. The molecule has 0 aliphatic carbocycles. The molecule has 0 saturated carbocycles. The molecule has 1 rings (SSSR count). The Morgan fingerprint density at radius 3 is 2.35 bits per heavy atom. The Kier molecular flexibility index (Phi) is 4.17. The largest absolute Gasteiger partial charge is 0.444 e. The maximum Gasteiger partial charge on any atom is 0.410 e. The van der Waals surface area contributed by atoms with Crippen molar-refractivity contribution in [3.05, 3.63) is 0 Å². The van der Waals surface area contributed by atoms with Gasteiger partial charge >= 0.3 is 6.09 Å². The number of ether oxygens (including phenoxy) is 1. The predicted octanol–water partition coefficient (Wildman–Crippen LogP) is 2.61. The Morgan fingerprint density at radius 1 is 1.29 bits per heavy atom. The highest BCUT2D eigenvalue weighted by molar-refractivity contribution is 5.80. The highest BCUT2D eigenvalue weighted by Gasteiger charge is 2.35. The van der Waals surface area contributed by atoms with Crippen molar-refractivity contribution in [3.8, 4) is 0 Å². The maximum atomic E-state index is 12.0. The summed E-state index contributed by atoms with van der Waals surface area (Å²) < 4.78 is 5.35. The molecule has 4 heteroatoms. The van der Waals surface area contributed by atoms with Crippen LogP contribution in [-0.4, -0.2) is 35.0 Å². The lowest BCUT2D eigenvalue weighted by atomic mass is 9.87. The van der Waals surface area contributed by atoms with Crippen LogP contribution in [0.2, 0.25) is 0 Å². The number of nitrogens with zero attached hydrogens (tertiary/aromatic N) is 1. The Bertz CT molecular complexity index is 306. The molecule has 2 atom stereocenters. The Labute approximate surface area is 103 Å². The summed E-state index contributed by atoms with van der Waals surface area (Å²) in [5.41, 5.74) is -0.486. The van der Waals surface area contributed by atoms with E-state index in [2.05, 4.69) is 0 Å². The van der Waals surface area contributed by atoms with Gasteiger partial charge in [-0.2, -0.15) is 0 Å². The van der Waals surface area contributed by atoms with Crippen molar-refractivity contribution in [1.29, 1.82) is 0 Å². The van der Waals surface area contributed by atoms with Crippen LogP contribution in [0.5, 0.6) is 0 Å². The molecule has 0 N–H and O–H groups in total. The lowest BCUT2D eigenvalue weighted by Crippen LogP contribution is -2.50. The normalized spacial score (nSPS) is 25.6. The van der Waals surface area contributed by atoms with E-state index >= 15 is 0 Å². The highest BCUT2D eigenvalue weighted by Crippen LogP contribution is 2.25. The number of carbonyl (C=O) groups is 2. The van der Waals surface area contributed by atoms with Crippen LogP contribution in [0.1, 0.15) is 47.5 Å². The number of likely N-dealkylation sites (tertiary alicyclic amines) is 1. The number of rotatable bonds is 1. The summed E-state index contributed by atoms with van der Waals surface area (Å²) in [6.45, 7) is 9.75. The number of piperidine rings is 1. The van der Waals surface area contributed by atoms with E-state index in [1.807, 2.05) is 27.7 Å². The van der Waals surface area contributed by atoms with E-state index in [0.29, 0.717) is 6.54 Å². The average molecular weight is 241 g/mol. The minimum absolute atomic E-state index is 0.0451. The third-order valence-corrected chi connectivity index (χ3v) is 3.14. The van der Waals surface area contributed by atoms with Crippen molar-refractivity contribution in [1.82, 2.24) is 4.90 Å². The fourth-order valence-corrected chi connectivity index (χ4v) is 2.26. The van der Waals surface area contributed by atoms with Crippen molar-refractivity contribution >= 4 is 11.9 Å². The molecule has 1 fully saturated rings. The number of carbonyl (C=O) groups excluding carboxylic acids is 2. The van der Waals surface area contributed by atoms with Crippen molar-refractivity contribution < 1.29 is 14.3 Å². The van der Waals surface area contributed by atoms with Crippen LogP contribution >= 0.6 is 0 Å². The van der Waals surface area contributed by atoms with E-state index in [4.69, 9.17) is 4.74 Å². The molecule has 1 aliphatic rings. The fourth-order valence-electron chi connectivity index (χ4n) is 2.26. The summed E-state index contributed by atoms with van der Waals surface area (Å²) in [5.74, 6) is 0.113. The molecular weight excluding hydrogens is 218 g/mol. The number of amides is 1. The third-order valence-electron chi connectivity index (χ3n) is 3.14. The van der Waals surface area contributed by atoms with Gasteiger partial charge in [0.2, 0.25) is 0 Å². The smallest absolute Gasteiger partial charge is 0.410 e. The molecule has 0 bridgehead atoms. The first-order valence-electron chi connectivity index (χ1n) is 6.22. The summed E-state index contributed by atoms with van der Waals surface area (Å²) in [6.07, 6.45) is 1.43. The van der Waals surface area contributed by atoms with Gasteiger partial charge in [-0.05, 0) is 47.5 Å². The van der Waals surface area contributed by atoms with Crippen molar-refractivity contribution in [2.24, 2.45) is 5.92 Å². The van der Waals surface area contributed by atoms with Crippen LogP contribution < -0.4 is 0 Å². The lowest BCUT2D eigenvalue weighted by Gasteiger charge is -2.38. The van der Waals surface area contributed by atoms with Gasteiger partial charge in [-0.3, -0.25) is 4.79 Å². The third kappa shape index (κ3) is 3.72. The van der Waals surface area contributed by atoms with Gasteiger partial charge in [-0.25, -0.2) is 4.79 Å². The van der Waals surface area contributed by atoms with E-state index in [9.17, 15) is 9.59 Å². The molecule has 0 radical (unpaired) electrons. The van der Waals surface area contributed by atoms with E-state index in [1.54, 1.807) is 11.8 Å². The van der Waals surface area contributed by atoms with Gasteiger partial charge < -0.3 is 9.64 Å². The summed E-state index contributed by atoms with van der Waals surface area (Å²) in [6, 6.07) is -0.0592. The zero-order chi connectivity index (χ0) is 13.2. The van der Waals surface area contributed by atoms with E-state index in [-0.39, 0.29) is 23.8 Å². The average Bonchev–Trinajstić information content (AvgIpc) is 2.14. The van der Waals surface area contributed by atoms with Gasteiger partial charge in [0.1, 0.15) is 11.4 Å². The van der Waals surface area contributed by atoms with Crippen LogP contribution in [0, 0.1) is 5.92 Å². The van der Waals surface area contributed by atoms with Crippen LogP contribution in [0.3, 0.4) is 0 Å². The molecule has 1 aliphatic heterocycles. The van der Waals surface area contributed by atoms with Gasteiger partial charge in [0.05, 0.1) is 0 Å². The highest BCUT2D eigenvalue weighted by atomic mass is 16.6. The number of Topliss-reactive ketones (excluding diaryl/α,β-unsaturated/α-hetero) is 1. The molecular formula is C13H23NO3. The summed E-state index contributed by atoms with van der Waals surface area (Å²) in [7, 11) is 0. The first kappa shape index (κ1) is 14.0. The molecule has 17 heavy (non-hydrogen) atoms. The first-order chi connectivity index (χ1) is 7.72. The summed E-state index contributed by atoms with van der Waals surface area (Å²) in [5, 5.41) is 0. The number of hydrogen-bond acceptors (Lipinski definition) is 3. The maximum absolute atomic E-state index is 12.0. The standard InChI is InChI=1S/C13H23NO3/c1-9-11(10(2)15)7-6-8-14(9)12(16)17-13(3,4)5/h9,11H,6-8H2,1-5H3/t9-,11+/m1/s1. The molecule has 0 aromatic heterocycles. The zero-order valence-corrected chi connectivity index (χ0v) is 11.4. The summed E-state index contributed by atoms with van der Waals surface area (Å²) in [4.78, 5) is 25.1. The van der Waals surface area contributed by atoms with E-state index in [1.165, 1.54) is 0 Å². The molecule has 98 valence electrons. The molecule has 1 heterocycles. The first-order valence-corrected chi connectivity index (χ1v) is 6.22. The second kappa shape index (κ2) is 5.07. The van der Waals surface area contributed by atoms with Crippen molar-refractivity contribution in [3.63, 3.8) is 0 Å². The number of ketones is 1. The Balaban J connectivity index is 2.70. The minimum atomic E-state index is -0.486. The molecule has 0 aromatic rings. The van der Waals surface area contributed by atoms with Crippen LogP contribution in [-0.2, 0) is 9.53 Å². The quantitative estimate of drug-likeness (QED) is 0.709. The van der Waals surface area contributed by atoms with Gasteiger partial charge in [-0.1, -0.05) is 0 Å². The topological polar surface area (TPSA) is 46.6 Å². The van der Waals surface area contributed by atoms with Crippen LogP contribution in [0.4, 0.5) is 4.79 Å². The fraction of sp³-hybridized carbons (Fsp3) is 0.846. The monoisotopic (exact) mass is 241 g/mol.